The topological polar surface area (TPSA) is 43.4 Å². The molecule has 4 heteroatoms. The van der Waals surface area contributed by atoms with E-state index in [0.717, 1.165) is 32.1 Å². The predicted molar refractivity (Wildman–Crippen MR) is 70.6 cm³/mol. The number of ether oxygens (including phenoxy) is 1. The Morgan fingerprint density at radius 1 is 1.29 bits per heavy atom. The normalized spacial score (nSPS) is 29.8. The van der Waals surface area contributed by atoms with Crippen LogP contribution in [0.4, 0.5) is 0 Å². The smallest absolute Gasteiger partial charge is 0.150 e. The molecule has 1 unspecified atom stereocenters. The first-order chi connectivity index (χ1) is 7.97. The van der Waals surface area contributed by atoms with E-state index in [4.69, 9.17) is 4.74 Å². The zero-order valence-electron chi connectivity index (χ0n) is 10.9. The fraction of sp³-hybridized carbons (Fsp3) is 0.846. The molecule has 1 aliphatic rings. The van der Waals surface area contributed by atoms with E-state index in [1.165, 1.54) is 0 Å². The van der Waals surface area contributed by atoms with Crippen molar-refractivity contribution >= 4 is 9.84 Å². The van der Waals surface area contributed by atoms with Crippen molar-refractivity contribution in [3.8, 4) is 0 Å². The van der Waals surface area contributed by atoms with Crippen molar-refractivity contribution in [3.63, 3.8) is 0 Å². The predicted octanol–water partition coefficient (Wildman–Crippen LogP) is 2.92. The van der Waals surface area contributed by atoms with Crippen molar-refractivity contribution in [2.75, 3.05) is 18.1 Å². The average molecular weight is 260 g/mol. The molecular formula is C13H24O3S. The Kier molecular flexibility index (Phi) is 5.50. The van der Waals surface area contributed by atoms with Gasteiger partial charge in [0.15, 0.2) is 9.84 Å². The van der Waals surface area contributed by atoms with Crippen LogP contribution in [0.1, 0.15) is 46.0 Å². The summed E-state index contributed by atoms with van der Waals surface area (Å²) < 4.78 is 29.1. The summed E-state index contributed by atoms with van der Waals surface area (Å²) in [6, 6.07) is 0. The van der Waals surface area contributed by atoms with Gasteiger partial charge in [-0.1, -0.05) is 25.8 Å². The molecule has 0 N–H and O–H groups in total. The van der Waals surface area contributed by atoms with Crippen molar-refractivity contribution < 1.29 is 13.2 Å². The van der Waals surface area contributed by atoms with Crippen molar-refractivity contribution in [2.24, 2.45) is 5.41 Å². The van der Waals surface area contributed by atoms with Gasteiger partial charge < -0.3 is 4.74 Å². The maximum absolute atomic E-state index is 11.9. The molecule has 17 heavy (non-hydrogen) atoms. The van der Waals surface area contributed by atoms with Gasteiger partial charge in [0.1, 0.15) is 0 Å². The van der Waals surface area contributed by atoms with Crippen LogP contribution in [0.3, 0.4) is 0 Å². The van der Waals surface area contributed by atoms with E-state index in [2.05, 4.69) is 6.92 Å². The average Bonchev–Trinajstić information content (AvgIpc) is 2.21. The molecule has 0 aliphatic carbocycles. The molecule has 1 atom stereocenters. The Labute approximate surface area is 105 Å². The van der Waals surface area contributed by atoms with Gasteiger partial charge in [0.05, 0.1) is 24.4 Å². The van der Waals surface area contributed by atoms with Crippen LogP contribution in [0.2, 0.25) is 0 Å². The van der Waals surface area contributed by atoms with Crippen LogP contribution in [0.25, 0.3) is 0 Å². The molecule has 0 aromatic heterocycles. The first kappa shape index (κ1) is 14.6. The Bertz CT molecular complexity index is 346. The molecule has 0 spiro atoms. The molecule has 0 saturated carbocycles. The lowest BCUT2D eigenvalue weighted by Gasteiger charge is -2.30. The minimum absolute atomic E-state index is 0.110. The molecule has 0 radical (unpaired) electrons. The summed E-state index contributed by atoms with van der Waals surface area (Å²) in [5.41, 5.74) is -0.110. The minimum Gasteiger partial charge on any atom is -0.502 e. The summed E-state index contributed by atoms with van der Waals surface area (Å²) >= 11 is 0. The fourth-order valence-corrected chi connectivity index (χ4v) is 4.53. The highest BCUT2D eigenvalue weighted by atomic mass is 32.2. The van der Waals surface area contributed by atoms with Crippen LogP contribution < -0.4 is 0 Å². The Morgan fingerprint density at radius 2 is 2.06 bits per heavy atom. The van der Waals surface area contributed by atoms with Gasteiger partial charge >= 0.3 is 0 Å². The van der Waals surface area contributed by atoms with Gasteiger partial charge in [-0.15, -0.1) is 0 Å². The highest BCUT2D eigenvalue weighted by Crippen LogP contribution is 2.32. The molecule has 1 saturated heterocycles. The van der Waals surface area contributed by atoms with E-state index in [-0.39, 0.29) is 5.41 Å². The van der Waals surface area contributed by atoms with E-state index in [0.29, 0.717) is 18.1 Å². The summed E-state index contributed by atoms with van der Waals surface area (Å²) in [4.78, 5) is 0. The molecule has 1 rings (SSSR count). The molecule has 3 nitrogen and oxygen atoms in total. The fourth-order valence-electron chi connectivity index (χ4n) is 2.39. The number of sulfone groups is 1. The highest BCUT2D eigenvalue weighted by molar-refractivity contribution is 7.91. The van der Waals surface area contributed by atoms with E-state index in [1.807, 2.05) is 13.0 Å². The second-order valence-electron chi connectivity index (χ2n) is 5.30. The van der Waals surface area contributed by atoms with E-state index < -0.39 is 9.84 Å². The van der Waals surface area contributed by atoms with Crippen molar-refractivity contribution in [1.29, 1.82) is 0 Å². The summed E-state index contributed by atoms with van der Waals surface area (Å²) in [6.45, 7) is 4.59. The summed E-state index contributed by atoms with van der Waals surface area (Å²) in [6.07, 6.45) is 8.31. The van der Waals surface area contributed by atoms with Gasteiger partial charge in [-0.3, -0.25) is 0 Å². The lowest BCUT2D eigenvalue weighted by molar-refractivity contribution is 0.178. The summed E-state index contributed by atoms with van der Waals surface area (Å²) in [5, 5.41) is 0. The number of hydrogen-bond acceptors (Lipinski definition) is 3. The maximum atomic E-state index is 11.9. The van der Waals surface area contributed by atoms with E-state index >= 15 is 0 Å². The van der Waals surface area contributed by atoms with Crippen LogP contribution in [-0.2, 0) is 14.6 Å². The third-order valence-electron chi connectivity index (χ3n) is 3.36. The standard InChI is InChI=1S/C13H24O3S/c1-3-9-16-10-8-13(2)7-5-4-6-11-17(14,15)12-13/h3,9H,4-8,10-12H2,1-2H3/b9-3+. The molecule has 0 bridgehead atoms. The molecule has 0 amide bonds. The van der Waals surface area contributed by atoms with Gasteiger partial charge in [-0.05, 0) is 31.6 Å². The summed E-state index contributed by atoms with van der Waals surface area (Å²) in [5.74, 6) is 0.678. The van der Waals surface area contributed by atoms with Gasteiger partial charge in [-0.2, -0.15) is 0 Å². The first-order valence-corrected chi connectivity index (χ1v) is 8.23. The van der Waals surface area contributed by atoms with Gasteiger partial charge in [0.2, 0.25) is 0 Å². The van der Waals surface area contributed by atoms with Gasteiger partial charge in [0, 0.05) is 0 Å². The molecule has 1 heterocycles. The van der Waals surface area contributed by atoms with Crippen LogP contribution in [-0.4, -0.2) is 26.5 Å². The van der Waals surface area contributed by atoms with Crippen LogP contribution in [0.15, 0.2) is 12.3 Å². The highest BCUT2D eigenvalue weighted by Gasteiger charge is 2.31. The Hall–Kier alpha value is -0.510. The largest absolute Gasteiger partial charge is 0.502 e. The number of rotatable bonds is 4. The first-order valence-electron chi connectivity index (χ1n) is 6.41. The third-order valence-corrected chi connectivity index (χ3v) is 5.41. The SMILES string of the molecule is C/C=C/OCCC1(C)CCCCCS(=O)(=O)C1. The number of hydrogen-bond donors (Lipinski definition) is 0. The molecule has 100 valence electrons. The van der Waals surface area contributed by atoms with Crippen LogP contribution in [0.5, 0.6) is 0 Å². The molecule has 1 fully saturated rings. The third kappa shape index (κ3) is 5.57. The Morgan fingerprint density at radius 3 is 2.76 bits per heavy atom. The van der Waals surface area contributed by atoms with Crippen LogP contribution in [0, 0.1) is 5.41 Å². The quantitative estimate of drug-likeness (QED) is 0.576. The van der Waals surface area contributed by atoms with Crippen molar-refractivity contribution in [3.05, 3.63) is 12.3 Å². The second-order valence-corrected chi connectivity index (χ2v) is 7.49. The number of allylic oxidation sites excluding steroid dienone is 1. The lowest BCUT2D eigenvalue weighted by Crippen LogP contribution is -2.31. The van der Waals surface area contributed by atoms with E-state index in [1.54, 1.807) is 6.26 Å². The van der Waals surface area contributed by atoms with Crippen LogP contribution >= 0.6 is 0 Å². The molecule has 0 aromatic rings. The zero-order chi connectivity index (χ0) is 12.8. The zero-order valence-corrected chi connectivity index (χ0v) is 11.8. The Balaban J connectivity index is 2.56. The summed E-state index contributed by atoms with van der Waals surface area (Å²) in [7, 11) is -2.87. The van der Waals surface area contributed by atoms with Gasteiger partial charge in [0.25, 0.3) is 0 Å². The molecule has 1 aliphatic heterocycles. The van der Waals surface area contributed by atoms with E-state index in [9.17, 15) is 8.42 Å². The molecular weight excluding hydrogens is 236 g/mol. The van der Waals surface area contributed by atoms with Gasteiger partial charge in [-0.25, -0.2) is 8.42 Å². The monoisotopic (exact) mass is 260 g/mol. The second kappa shape index (κ2) is 6.43. The van der Waals surface area contributed by atoms with Crippen molar-refractivity contribution in [1.82, 2.24) is 0 Å². The molecule has 0 aromatic carbocycles. The lowest BCUT2D eigenvalue weighted by atomic mass is 9.83. The maximum Gasteiger partial charge on any atom is 0.150 e. The minimum atomic E-state index is -2.87. The van der Waals surface area contributed by atoms with Crippen molar-refractivity contribution in [2.45, 2.75) is 46.0 Å².